The molecule has 1 N–H and O–H groups in total. The van der Waals surface area contributed by atoms with Crippen LogP contribution in [0.1, 0.15) is 55.0 Å². The number of aliphatic hydroxyl groups excluding tert-OH is 1. The minimum absolute atomic E-state index is 0.0188. The molecule has 1 fully saturated rings. The molecule has 3 aromatic rings. The summed E-state index contributed by atoms with van der Waals surface area (Å²) in [5.74, 6) is -1.22. The summed E-state index contributed by atoms with van der Waals surface area (Å²) in [7, 11) is 0. The molecule has 3 aromatic carbocycles. The second-order valence-corrected chi connectivity index (χ2v) is 9.70. The van der Waals surface area contributed by atoms with Crippen molar-refractivity contribution in [2.75, 3.05) is 13.2 Å². The van der Waals surface area contributed by atoms with E-state index in [1.54, 1.807) is 54.6 Å². The Morgan fingerprint density at radius 1 is 1.05 bits per heavy atom. The quantitative estimate of drug-likeness (QED) is 0.204. The number of rotatable bonds is 8. The van der Waals surface area contributed by atoms with Crippen molar-refractivity contribution in [2.24, 2.45) is 0 Å². The van der Waals surface area contributed by atoms with Gasteiger partial charge in [-0.3, -0.25) is 9.59 Å². The molecule has 0 radical (unpaired) electrons. The standard InChI is InChI=1S/C30H29ClFNO4/c1-4-37-25-14-9-21(17-24(25)18(2)3)28(34)26-27(20-7-10-22(31)11-8-20)33(30(36)29(26)35)16-15-19-5-12-23(32)13-6-19/h5-14,17-18,27,34H,4,15-16H2,1-3H3/b28-26-. The SMILES string of the molecule is CCOc1ccc(/C(O)=C2/C(=O)C(=O)N(CCc3ccc(F)cc3)C2c2ccc(Cl)cc2)cc1C(C)C. The number of carbonyl (C=O) groups is 2. The topological polar surface area (TPSA) is 66.8 Å². The molecule has 37 heavy (non-hydrogen) atoms. The van der Waals surface area contributed by atoms with Gasteiger partial charge < -0.3 is 14.7 Å². The van der Waals surface area contributed by atoms with Gasteiger partial charge in [0.15, 0.2) is 0 Å². The number of benzene rings is 3. The summed E-state index contributed by atoms with van der Waals surface area (Å²) < 4.78 is 19.1. The van der Waals surface area contributed by atoms with Gasteiger partial charge in [-0.25, -0.2) is 4.39 Å². The van der Waals surface area contributed by atoms with Crippen molar-refractivity contribution in [1.29, 1.82) is 0 Å². The van der Waals surface area contributed by atoms with Crippen LogP contribution >= 0.6 is 11.6 Å². The normalized spacial score (nSPS) is 17.0. The lowest BCUT2D eigenvalue weighted by Gasteiger charge is -2.25. The van der Waals surface area contributed by atoms with E-state index in [0.29, 0.717) is 34.9 Å². The summed E-state index contributed by atoms with van der Waals surface area (Å²) in [6.45, 7) is 6.65. The van der Waals surface area contributed by atoms with Crippen LogP contribution in [0.4, 0.5) is 4.39 Å². The Bertz CT molecular complexity index is 1330. The number of ether oxygens (including phenoxy) is 1. The Kier molecular flexibility index (Phi) is 7.98. The minimum Gasteiger partial charge on any atom is -0.507 e. The number of amides is 1. The first-order chi connectivity index (χ1) is 17.7. The molecule has 192 valence electrons. The highest BCUT2D eigenvalue weighted by atomic mass is 35.5. The first kappa shape index (κ1) is 26.4. The van der Waals surface area contributed by atoms with Gasteiger partial charge in [0, 0.05) is 17.1 Å². The van der Waals surface area contributed by atoms with Crippen LogP contribution in [0.5, 0.6) is 5.75 Å². The predicted molar refractivity (Wildman–Crippen MR) is 142 cm³/mol. The molecule has 1 aliphatic rings. The molecule has 1 atom stereocenters. The summed E-state index contributed by atoms with van der Waals surface area (Å²) >= 11 is 6.10. The van der Waals surface area contributed by atoms with Crippen molar-refractivity contribution < 1.29 is 23.8 Å². The molecule has 5 nitrogen and oxygen atoms in total. The number of aliphatic hydroxyl groups is 1. The number of nitrogens with zero attached hydrogens (tertiary/aromatic N) is 1. The van der Waals surface area contributed by atoms with Crippen molar-refractivity contribution in [2.45, 2.75) is 39.2 Å². The minimum atomic E-state index is -0.799. The van der Waals surface area contributed by atoms with Gasteiger partial charge in [0.1, 0.15) is 17.3 Å². The maximum absolute atomic E-state index is 13.3. The van der Waals surface area contributed by atoms with E-state index in [4.69, 9.17) is 16.3 Å². The van der Waals surface area contributed by atoms with Crippen molar-refractivity contribution in [3.63, 3.8) is 0 Å². The number of halogens is 2. The maximum atomic E-state index is 13.3. The van der Waals surface area contributed by atoms with Gasteiger partial charge in [0.25, 0.3) is 11.7 Å². The largest absolute Gasteiger partial charge is 0.507 e. The Labute approximate surface area is 221 Å². The van der Waals surface area contributed by atoms with Crippen LogP contribution in [0.3, 0.4) is 0 Å². The molecule has 4 rings (SSSR count). The Morgan fingerprint density at radius 2 is 1.73 bits per heavy atom. The first-order valence-corrected chi connectivity index (χ1v) is 12.6. The highest BCUT2D eigenvalue weighted by molar-refractivity contribution is 6.46. The van der Waals surface area contributed by atoms with E-state index in [2.05, 4.69) is 0 Å². The van der Waals surface area contributed by atoms with Gasteiger partial charge in [-0.2, -0.15) is 0 Å². The zero-order valence-corrected chi connectivity index (χ0v) is 21.8. The smallest absolute Gasteiger partial charge is 0.295 e. The van der Waals surface area contributed by atoms with E-state index >= 15 is 0 Å². The third kappa shape index (κ3) is 5.54. The molecule has 1 heterocycles. The zero-order valence-electron chi connectivity index (χ0n) is 21.0. The molecule has 0 bridgehead atoms. The summed E-state index contributed by atoms with van der Waals surface area (Å²) in [4.78, 5) is 28.0. The Hall–Kier alpha value is -3.64. The van der Waals surface area contributed by atoms with Gasteiger partial charge >= 0.3 is 0 Å². The van der Waals surface area contributed by atoms with E-state index in [0.717, 1.165) is 11.1 Å². The highest BCUT2D eigenvalue weighted by Crippen LogP contribution is 2.40. The summed E-state index contributed by atoms with van der Waals surface area (Å²) in [5.41, 5.74) is 2.82. The van der Waals surface area contributed by atoms with Gasteiger partial charge in [-0.15, -0.1) is 0 Å². The fourth-order valence-corrected chi connectivity index (χ4v) is 4.72. The zero-order chi connectivity index (χ0) is 26.7. The van der Waals surface area contributed by atoms with Crippen LogP contribution in [0, 0.1) is 5.82 Å². The van der Waals surface area contributed by atoms with Gasteiger partial charge in [-0.1, -0.05) is 49.7 Å². The molecule has 0 spiro atoms. The lowest BCUT2D eigenvalue weighted by atomic mass is 9.93. The lowest BCUT2D eigenvalue weighted by molar-refractivity contribution is -0.139. The third-order valence-corrected chi connectivity index (χ3v) is 6.74. The van der Waals surface area contributed by atoms with Crippen molar-refractivity contribution in [3.05, 3.63) is 105 Å². The van der Waals surface area contributed by atoms with E-state index < -0.39 is 17.7 Å². The average Bonchev–Trinajstić information content (AvgIpc) is 3.13. The second kappa shape index (κ2) is 11.2. The number of Topliss-reactive ketones (excluding diaryl/α,β-unsaturated/α-hetero) is 1. The molecule has 0 saturated carbocycles. The fraction of sp³-hybridized carbons (Fsp3) is 0.267. The van der Waals surface area contributed by atoms with Gasteiger partial charge in [0.2, 0.25) is 0 Å². The monoisotopic (exact) mass is 521 g/mol. The lowest BCUT2D eigenvalue weighted by Crippen LogP contribution is -2.31. The molecular formula is C30H29ClFNO4. The van der Waals surface area contributed by atoms with Crippen molar-refractivity contribution in [3.8, 4) is 5.75 Å². The highest BCUT2D eigenvalue weighted by Gasteiger charge is 2.45. The van der Waals surface area contributed by atoms with E-state index in [1.165, 1.54) is 17.0 Å². The summed E-state index contributed by atoms with van der Waals surface area (Å²) in [6.07, 6.45) is 0.415. The molecule has 0 aromatic heterocycles. The summed E-state index contributed by atoms with van der Waals surface area (Å²) in [5, 5.41) is 11.9. The molecular weight excluding hydrogens is 493 g/mol. The third-order valence-electron chi connectivity index (χ3n) is 6.49. The second-order valence-electron chi connectivity index (χ2n) is 9.26. The number of hydrogen-bond acceptors (Lipinski definition) is 4. The van der Waals surface area contributed by atoms with Gasteiger partial charge in [0.05, 0.1) is 18.2 Å². The van der Waals surface area contributed by atoms with Crippen LogP contribution in [0.2, 0.25) is 5.02 Å². The molecule has 1 saturated heterocycles. The van der Waals surface area contributed by atoms with E-state index in [-0.39, 0.29) is 29.6 Å². The van der Waals surface area contributed by atoms with Crippen molar-refractivity contribution >= 4 is 29.1 Å². The summed E-state index contributed by atoms with van der Waals surface area (Å²) in [6, 6.07) is 17.3. The number of ketones is 1. The van der Waals surface area contributed by atoms with Gasteiger partial charge in [-0.05, 0) is 78.4 Å². The Morgan fingerprint density at radius 3 is 2.35 bits per heavy atom. The predicted octanol–water partition coefficient (Wildman–Crippen LogP) is 6.67. The number of likely N-dealkylation sites (tertiary alicyclic amines) is 1. The molecule has 0 aliphatic carbocycles. The average molecular weight is 522 g/mol. The maximum Gasteiger partial charge on any atom is 0.295 e. The molecule has 1 aliphatic heterocycles. The molecule has 1 unspecified atom stereocenters. The van der Waals surface area contributed by atoms with Crippen LogP contribution in [-0.4, -0.2) is 34.8 Å². The van der Waals surface area contributed by atoms with E-state index in [1.807, 2.05) is 20.8 Å². The van der Waals surface area contributed by atoms with Crippen molar-refractivity contribution in [1.82, 2.24) is 4.90 Å². The number of carbonyl (C=O) groups excluding carboxylic acids is 2. The molecule has 1 amide bonds. The molecule has 7 heteroatoms. The van der Waals surface area contributed by atoms with Crippen LogP contribution in [0.25, 0.3) is 5.76 Å². The fourth-order valence-electron chi connectivity index (χ4n) is 4.59. The van der Waals surface area contributed by atoms with Crippen LogP contribution < -0.4 is 4.74 Å². The first-order valence-electron chi connectivity index (χ1n) is 12.3. The van der Waals surface area contributed by atoms with Crippen LogP contribution in [-0.2, 0) is 16.0 Å². The van der Waals surface area contributed by atoms with Crippen LogP contribution in [0.15, 0.2) is 72.3 Å². The Balaban J connectivity index is 1.79. The number of hydrogen-bond donors (Lipinski definition) is 1. The van der Waals surface area contributed by atoms with E-state index in [9.17, 15) is 19.1 Å².